The maximum Gasteiger partial charge on any atom is 0.335 e. The summed E-state index contributed by atoms with van der Waals surface area (Å²) in [6.45, 7) is 0.324. The molecule has 36 heavy (non-hydrogen) atoms. The summed E-state index contributed by atoms with van der Waals surface area (Å²) in [5.74, 6) is -2.00. The number of thiocarbonyl (C=S) groups is 1. The molecule has 0 saturated carbocycles. The maximum atomic E-state index is 13.5. The van der Waals surface area contributed by atoms with Gasteiger partial charge >= 0.3 is 5.97 Å². The first-order valence-electron chi connectivity index (χ1n) is 10.7. The van der Waals surface area contributed by atoms with Gasteiger partial charge in [0, 0.05) is 30.1 Å². The summed E-state index contributed by atoms with van der Waals surface area (Å²) in [7, 11) is 0. The van der Waals surface area contributed by atoms with E-state index in [1.54, 1.807) is 12.1 Å². The number of carboxylic acid groups (broad SMARTS) is 1. The fourth-order valence-corrected chi connectivity index (χ4v) is 5.75. The van der Waals surface area contributed by atoms with Crippen LogP contribution in [0.5, 0.6) is 0 Å². The Morgan fingerprint density at radius 3 is 2.61 bits per heavy atom. The number of thioether (sulfide) groups is 1. The Kier molecular flexibility index (Phi) is 7.94. The van der Waals surface area contributed by atoms with Gasteiger partial charge in [0.05, 0.1) is 10.5 Å². The number of carbonyl (C=O) groups excluding carboxylic acids is 2. The van der Waals surface area contributed by atoms with E-state index in [9.17, 15) is 18.8 Å². The van der Waals surface area contributed by atoms with Crippen LogP contribution in [0, 0.1) is 5.82 Å². The van der Waals surface area contributed by atoms with Gasteiger partial charge in [-0.05, 0) is 70.6 Å². The first kappa shape index (κ1) is 25.7. The number of thiophene rings is 1. The van der Waals surface area contributed by atoms with Gasteiger partial charge in [-0.2, -0.15) is 0 Å². The molecule has 4 rings (SSSR count). The SMILES string of the molecule is NCc1cc(F)ccc1-c1csc(C=C2SC(=S)N(CCC(=O)Nc3ccc(C(=O)O)cc3)C2=O)c1. The third-order valence-electron chi connectivity index (χ3n) is 5.34. The highest BCUT2D eigenvalue weighted by molar-refractivity contribution is 8.26. The highest BCUT2D eigenvalue weighted by Gasteiger charge is 2.32. The van der Waals surface area contributed by atoms with Crippen molar-refractivity contribution in [2.75, 3.05) is 11.9 Å². The molecule has 1 aliphatic heterocycles. The molecule has 184 valence electrons. The van der Waals surface area contributed by atoms with Crippen LogP contribution in [0.1, 0.15) is 27.2 Å². The van der Waals surface area contributed by atoms with E-state index in [1.807, 2.05) is 11.4 Å². The van der Waals surface area contributed by atoms with E-state index in [2.05, 4.69) is 5.32 Å². The van der Waals surface area contributed by atoms with Crippen LogP contribution in [0.15, 0.2) is 58.8 Å². The molecule has 2 aromatic carbocycles. The normalized spacial score (nSPS) is 14.5. The summed E-state index contributed by atoms with van der Waals surface area (Å²) < 4.78 is 13.9. The van der Waals surface area contributed by atoms with Gasteiger partial charge in [-0.25, -0.2) is 9.18 Å². The quantitative estimate of drug-likeness (QED) is 0.273. The zero-order valence-electron chi connectivity index (χ0n) is 18.7. The van der Waals surface area contributed by atoms with E-state index in [-0.39, 0.29) is 42.7 Å². The highest BCUT2D eigenvalue weighted by Crippen LogP contribution is 2.35. The van der Waals surface area contributed by atoms with Crippen molar-refractivity contribution in [2.24, 2.45) is 5.73 Å². The molecule has 3 aromatic rings. The number of hydrogen-bond donors (Lipinski definition) is 3. The number of carboxylic acids is 1. The predicted octanol–water partition coefficient (Wildman–Crippen LogP) is 4.94. The van der Waals surface area contributed by atoms with Crippen molar-refractivity contribution in [2.45, 2.75) is 13.0 Å². The molecule has 0 bridgehead atoms. The maximum absolute atomic E-state index is 13.5. The second-order valence-electron chi connectivity index (χ2n) is 7.76. The Morgan fingerprint density at radius 1 is 1.17 bits per heavy atom. The van der Waals surface area contributed by atoms with Crippen molar-refractivity contribution in [3.63, 3.8) is 0 Å². The number of aromatic carboxylic acids is 1. The van der Waals surface area contributed by atoms with Crippen LogP contribution in [-0.4, -0.2) is 38.7 Å². The number of amides is 2. The molecule has 0 unspecified atom stereocenters. The minimum atomic E-state index is -1.05. The monoisotopic (exact) mass is 541 g/mol. The number of halogens is 1. The van der Waals surface area contributed by atoms with Gasteiger partial charge in [0.15, 0.2) is 0 Å². The Hall–Kier alpha value is -3.38. The van der Waals surface area contributed by atoms with Crippen molar-refractivity contribution in [3.8, 4) is 11.1 Å². The second-order valence-corrected chi connectivity index (χ2v) is 10.4. The van der Waals surface area contributed by atoms with Crippen molar-refractivity contribution in [3.05, 3.63) is 80.6 Å². The first-order valence-corrected chi connectivity index (χ1v) is 12.8. The largest absolute Gasteiger partial charge is 0.478 e. The summed E-state index contributed by atoms with van der Waals surface area (Å²) in [5.41, 5.74) is 8.76. The van der Waals surface area contributed by atoms with E-state index in [0.717, 1.165) is 16.0 Å². The van der Waals surface area contributed by atoms with Crippen LogP contribution in [0.2, 0.25) is 0 Å². The van der Waals surface area contributed by atoms with E-state index in [0.29, 0.717) is 20.5 Å². The number of nitrogens with zero attached hydrogens (tertiary/aromatic N) is 1. The molecule has 0 aliphatic carbocycles. The lowest BCUT2D eigenvalue weighted by atomic mass is 10.0. The van der Waals surface area contributed by atoms with Gasteiger partial charge in [0.25, 0.3) is 5.91 Å². The minimum Gasteiger partial charge on any atom is -0.478 e. The van der Waals surface area contributed by atoms with E-state index in [4.69, 9.17) is 23.1 Å². The van der Waals surface area contributed by atoms with Gasteiger partial charge in [0.1, 0.15) is 10.1 Å². The molecule has 1 aliphatic rings. The number of nitrogens with two attached hydrogens (primary N) is 1. The van der Waals surface area contributed by atoms with Crippen molar-refractivity contribution in [1.29, 1.82) is 0 Å². The van der Waals surface area contributed by atoms with Crippen LogP contribution < -0.4 is 11.1 Å². The van der Waals surface area contributed by atoms with Gasteiger partial charge in [-0.1, -0.05) is 30.0 Å². The molecule has 2 heterocycles. The van der Waals surface area contributed by atoms with Gasteiger partial charge in [-0.3, -0.25) is 14.5 Å². The molecule has 4 N–H and O–H groups in total. The van der Waals surface area contributed by atoms with Crippen LogP contribution in [0.25, 0.3) is 17.2 Å². The Labute approximate surface area is 219 Å². The molecule has 0 radical (unpaired) electrons. The Morgan fingerprint density at radius 2 is 1.92 bits per heavy atom. The number of anilines is 1. The molecule has 1 aromatic heterocycles. The summed E-state index contributed by atoms with van der Waals surface area (Å²) in [6, 6.07) is 12.2. The molecule has 2 amide bonds. The molecular weight excluding hydrogens is 521 g/mol. The average Bonchev–Trinajstić information content (AvgIpc) is 3.42. The molecule has 11 heteroatoms. The van der Waals surface area contributed by atoms with Gasteiger partial charge < -0.3 is 16.2 Å². The second kappa shape index (κ2) is 11.1. The van der Waals surface area contributed by atoms with Crippen molar-refractivity contribution in [1.82, 2.24) is 4.90 Å². The average molecular weight is 542 g/mol. The highest BCUT2D eigenvalue weighted by atomic mass is 32.2. The van der Waals surface area contributed by atoms with Crippen molar-refractivity contribution >= 4 is 69.2 Å². The fraction of sp³-hybridized carbons (Fsp3) is 0.120. The smallest absolute Gasteiger partial charge is 0.335 e. The number of hydrogen-bond acceptors (Lipinski definition) is 7. The molecule has 0 spiro atoms. The van der Waals surface area contributed by atoms with E-state index < -0.39 is 5.97 Å². The predicted molar refractivity (Wildman–Crippen MR) is 144 cm³/mol. The third-order valence-corrected chi connectivity index (χ3v) is 7.60. The first-order chi connectivity index (χ1) is 17.2. The molecular formula is C25H20FN3O4S3. The lowest BCUT2D eigenvalue weighted by Gasteiger charge is -2.14. The zero-order valence-corrected chi connectivity index (χ0v) is 21.1. The van der Waals surface area contributed by atoms with Crippen LogP contribution in [-0.2, 0) is 16.1 Å². The summed E-state index contributed by atoms with van der Waals surface area (Å²) in [4.78, 5) is 38.8. The summed E-state index contributed by atoms with van der Waals surface area (Å²) >= 11 is 7.96. The third kappa shape index (κ3) is 5.88. The van der Waals surface area contributed by atoms with Gasteiger partial charge in [0.2, 0.25) is 5.91 Å². The minimum absolute atomic E-state index is 0.0238. The molecule has 1 fully saturated rings. The van der Waals surface area contributed by atoms with E-state index in [1.165, 1.54) is 64.4 Å². The Bertz CT molecular complexity index is 1390. The number of rotatable bonds is 8. The topological polar surface area (TPSA) is 113 Å². The van der Waals surface area contributed by atoms with Gasteiger partial charge in [-0.15, -0.1) is 11.3 Å². The lowest BCUT2D eigenvalue weighted by Crippen LogP contribution is -2.31. The zero-order chi connectivity index (χ0) is 25.8. The number of nitrogens with one attached hydrogen (secondary N) is 1. The fourth-order valence-electron chi connectivity index (χ4n) is 3.54. The summed E-state index contributed by atoms with van der Waals surface area (Å²) in [5, 5.41) is 13.6. The Balaban J connectivity index is 1.39. The lowest BCUT2D eigenvalue weighted by molar-refractivity contribution is -0.122. The number of benzene rings is 2. The van der Waals surface area contributed by atoms with E-state index >= 15 is 0 Å². The molecule has 7 nitrogen and oxygen atoms in total. The van der Waals surface area contributed by atoms with Crippen LogP contribution >= 0.6 is 35.3 Å². The number of carbonyl (C=O) groups is 3. The standard InChI is InChI=1S/C25H20FN3O4S3/c26-17-3-6-20(15(9-17)12-27)16-10-19(35-13-16)11-21-23(31)29(25(34)36-21)8-7-22(30)28-18-4-1-14(2-5-18)24(32)33/h1-6,9-11,13H,7-8,12,27H2,(H,28,30)(H,32,33). The molecule has 1 saturated heterocycles. The van der Waals surface area contributed by atoms with Crippen LogP contribution in [0.4, 0.5) is 10.1 Å². The van der Waals surface area contributed by atoms with Crippen LogP contribution in [0.3, 0.4) is 0 Å². The molecule has 0 atom stereocenters. The van der Waals surface area contributed by atoms with Crippen molar-refractivity contribution < 1.29 is 23.9 Å². The summed E-state index contributed by atoms with van der Waals surface area (Å²) in [6.07, 6.45) is 1.78.